The summed E-state index contributed by atoms with van der Waals surface area (Å²) in [6, 6.07) is 11.7. The van der Waals surface area contributed by atoms with Gasteiger partial charge in [-0.25, -0.2) is 0 Å². The van der Waals surface area contributed by atoms with Crippen molar-refractivity contribution in [2.24, 2.45) is 0 Å². The molecule has 5 heteroatoms. The molecule has 0 aliphatic carbocycles. The Labute approximate surface area is 127 Å². The molecule has 0 bridgehead atoms. The first-order valence-corrected chi connectivity index (χ1v) is 6.95. The number of hydrogen-bond acceptors (Lipinski definition) is 3. The van der Waals surface area contributed by atoms with E-state index in [-0.39, 0.29) is 5.56 Å². The van der Waals surface area contributed by atoms with Gasteiger partial charge in [0, 0.05) is 5.56 Å². The van der Waals surface area contributed by atoms with E-state index in [9.17, 15) is 4.79 Å². The van der Waals surface area contributed by atoms with Crippen LogP contribution in [0.5, 0.6) is 0 Å². The molecule has 0 radical (unpaired) electrons. The molecule has 3 rings (SSSR count). The first kappa shape index (κ1) is 13.8. The van der Waals surface area contributed by atoms with Crippen molar-refractivity contribution in [1.82, 2.24) is 14.6 Å². The Morgan fingerprint density at radius 1 is 1.36 bits per heavy atom. The lowest BCUT2D eigenvalue weighted by atomic mass is 10.0. The number of aromatic amines is 1. The van der Waals surface area contributed by atoms with Crippen LogP contribution in [0.1, 0.15) is 18.1 Å². The Morgan fingerprint density at radius 3 is 2.82 bits per heavy atom. The van der Waals surface area contributed by atoms with Crippen LogP contribution in [-0.2, 0) is 6.42 Å². The maximum atomic E-state index is 12.7. The minimum absolute atomic E-state index is 0.202. The Balaban J connectivity index is 2.37. The quantitative estimate of drug-likeness (QED) is 0.754. The fourth-order valence-corrected chi connectivity index (χ4v) is 2.41. The summed E-state index contributed by atoms with van der Waals surface area (Å²) in [6.45, 7) is 1.91. The molecule has 2 heterocycles. The lowest BCUT2D eigenvalue weighted by molar-refractivity contribution is 0.879. The van der Waals surface area contributed by atoms with Crippen molar-refractivity contribution in [3.05, 3.63) is 70.2 Å². The van der Waals surface area contributed by atoms with Crippen molar-refractivity contribution in [2.45, 2.75) is 13.3 Å². The minimum Gasteiger partial charge on any atom is -0.338 e. The van der Waals surface area contributed by atoms with Gasteiger partial charge in [-0.15, -0.1) is 0 Å². The molecule has 0 aliphatic heterocycles. The van der Waals surface area contributed by atoms with Crippen LogP contribution in [0.4, 0.5) is 0 Å². The molecule has 0 spiro atoms. The Kier molecular flexibility index (Phi) is 3.58. The summed E-state index contributed by atoms with van der Waals surface area (Å²) in [5.41, 5.74) is 2.85. The van der Waals surface area contributed by atoms with E-state index in [0.29, 0.717) is 23.2 Å². The smallest absolute Gasteiger partial charge is 0.278 e. The molecule has 0 atom stereocenters. The number of aromatic nitrogens is 3. The van der Waals surface area contributed by atoms with E-state index in [2.05, 4.69) is 16.2 Å². The molecule has 0 saturated heterocycles. The number of benzene rings is 1. The zero-order chi connectivity index (χ0) is 15.5. The van der Waals surface area contributed by atoms with Crippen LogP contribution >= 0.6 is 0 Å². The van der Waals surface area contributed by atoms with E-state index in [1.54, 1.807) is 0 Å². The number of H-pyrrole nitrogens is 1. The molecule has 0 fully saturated rings. The highest BCUT2D eigenvalue weighted by atomic mass is 16.1. The summed E-state index contributed by atoms with van der Waals surface area (Å²) < 4.78 is 1.25. The average Bonchev–Trinajstić information content (AvgIpc) is 2.98. The zero-order valence-electron chi connectivity index (χ0n) is 12.1. The highest BCUT2D eigenvalue weighted by Crippen LogP contribution is 2.21. The highest BCUT2D eigenvalue weighted by Gasteiger charge is 2.15. The lowest BCUT2D eigenvalue weighted by Gasteiger charge is -2.09. The van der Waals surface area contributed by atoms with Crippen LogP contribution < -0.4 is 5.56 Å². The van der Waals surface area contributed by atoms with Crippen molar-refractivity contribution in [3.8, 4) is 17.3 Å². The van der Waals surface area contributed by atoms with Gasteiger partial charge in [0.05, 0.1) is 11.9 Å². The Hall–Kier alpha value is -3.13. The van der Waals surface area contributed by atoms with Gasteiger partial charge in [0.15, 0.2) is 5.65 Å². The number of nitrogens with one attached hydrogen (secondary N) is 1. The normalized spacial score (nSPS) is 11.1. The molecule has 3 aromatic rings. The number of allylic oxidation sites excluding steroid dienone is 2. The zero-order valence-corrected chi connectivity index (χ0v) is 12.1. The standard InChI is InChI=1S/C17H14N4O/c1-2-3-9-14-15(12-7-5-4-6-8-12)20-16-13(10-18)11-19-21(16)17(14)22/h2-8,11,20H,9H2,1H3/b3-2+. The highest BCUT2D eigenvalue weighted by molar-refractivity contribution is 5.67. The third-order valence-corrected chi connectivity index (χ3v) is 3.51. The van der Waals surface area contributed by atoms with Crippen molar-refractivity contribution >= 4 is 5.65 Å². The van der Waals surface area contributed by atoms with Crippen LogP contribution in [0.2, 0.25) is 0 Å². The molecule has 22 heavy (non-hydrogen) atoms. The van der Waals surface area contributed by atoms with Crippen LogP contribution in [0.25, 0.3) is 16.9 Å². The second-order valence-corrected chi connectivity index (χ2v) is 4.85. The van der Waals surface area contributed by atoms with E-state index in [0.717, 1.165) is 11.3 Å². The summed E-state index contributed by atoms with van der Waals surface area (Å²) in [5, 5.41) is 13.2. The average molecular weight is 290 g/mol. The molecule has 1 aromatic carbocycles. The third-order valence-electron chi connectivity index (χ3n) is 3.51. The summed E-state index contributed by atoms with van der Waals surface area (Å²) in [5.74, 6) is 0. The van der Waals surface area contributed by atoms with Gasteiger partial charge in [-0.2, -0.15) is 14.9 Å². The third kappa shape index (κ3) is 2.21. The molecular formula is C17H14N4O. The van der Waals surface area contributed by atoms with Gasteiger partial charge < -0.3 is 4.98 Å². The minimum atomic E-state index is -0.202. The molecule has 0 saturated carbocycles. The summed E-state index contributed by atoms with van der Waals surface area (Å²) in [7, 11) is 0. The van der Waals surface area contributed by atoms with Crippen molar-refractivity contribution in [2.75, 3.05) is 0 Å². The molecule has 5 nitrogen and oxygen atoms in total. The second-order valence-electron chi connectivity index (χ2n) is 4.85. The number of fused-ring (bicyclic) bond motifs is 1. The first-order chi connectivity index (χ1) is 10.8. The number of hydrogen-bond donors (Lipinski definition) is 1. The van der Waals surface area contributed by atoms with Gasteiger partial charge >= 0.3 is 0 Å². The van der Waals surface area contributed by atoms with Crippen molar-refractivity contribution < 1.29 is 0 Å². The van der Waals surface area contributed by atoms with Gasteiger partial charge in [-0.3, -0.25) is 4.79 Å². The predicted octanol–water partition coefficient (Wildman–Crippen LogP) is 2.68. The maximum Gasteiger partial charge on any atom is 0.278 e. The van der Waals surface area contributed by atoms with Crippen molar-refractivity contribution in [3.63, 3.8) is 0 Å². The van der Waals surface area contributed by atoms with E-state index in [1.165, 1.54) is 10.7 Å². The van der Waals surface area contributed by atoms with Gasteiger partial charge in [0.2, 0.25) is 0 Å². The number of rotatable bonds is 3. The Morgan fingerprint density at radius 2 is 2.14 bits per heavy atom. The van der Waals surface area contributed by atoms with Crippen LogP contribution in [0.15, 0.2) is 53.5 Å². The van der Waals surface area contributed by atoms with E-state index in [4.69, 9.17) is 5.26 Å². The fraction of sp³-hybridized carbons (Fsp3) is 0.118. The largest absolute Gasteiger partial charge is 0.338 e. The fourth-order valence-electron chi connectivity index (χ4n) is 2.41. The van der Waals surface area contributed by atoms with Crippen LogP contribution in [-0.4, -0.2) is 14.6 Å². The van der Waals surface area contributed by atoms with Gasteiger partial charge in [-0.05, 0) is 18.9 Å². The summed E-state index contributed by atoms with van der Waals surface area (Å²) >= 11 is 0. The molecule has 0 amide bonds. The topological polar surface area (TPSA) is 73.9 Å². The van der Waals surface area contributed by atoms with Crippen LogP contribution in [0.3, 0.4) is 0 Å². The van der Waals surface area contributed by atoms with E-state index in [1.807, 2.05) is 49.4 Å². The monoisotopic (exact) mass is 290 g/mol. The number of nitriles is 1. The van der Waals surface area contributed by atoms with Gasteiger partial charge in [-0.1, -0.05) is 42.5 Å². The SMILES string of the molecule is C/C=C/Cc1c(-c2ccccc2)[nH]c2c(C#N)cnn2c1=O. The summed E-state index contributed by atoms with van der Waals surface area (Å²) in [6.07, 6.45) is 5.74. The molecule has 2 aromatic heterocycles. The first-order valence-electron chi connectivity index (χ1n) is 6.95. The Bertz CT molecular complexity index is 942. The number of nitrogens with zero attached hydrogens (tertiary/aromatic N) is 3. The molecule has 0 unspecified atom stereocenters. The second kappa shape index (κ2) is 5.70. The predicted molar refractivity (Wildman–Crippen MR) is 84.5 cm³/mol. The van der Waals surface area contributed by atoms with Gasteiger partial charge in [0.25, 0.3) is 5.56 Å². The van der Waals surface area contributed by atoms with E-state index >= 15 is 0 Å². The maximum absolute atomic E-state index is 12.7. The summed E-state index contributed by atoms with van der Waals surface area (Å²) in [4.78, 5) is 15.9. The molecular weight excluding hydrogens is 276 g/mol. The van der Waals surface area contributed by atoms with E-state index < -0.39 is 0 Å². The van der Waals surface area contributed by atoms with Gasteiger partial charge in [0.1, 0.15) is 11.6 Å². The van der Waals surface area contributed by atoms with Crippen LogP contribution in [0, 0.1) is 11.3 Å². The molecule has 0 aliphatic rings. The molecule has 108 valence electrons. The molecule has 1 N–H and O–H groups in total. The lowest BCUT2D eigenvalue weighted by Crippen LogP contribution is -2.21. The van der Waals surface area contributed by atoms with Crippen molar-refractivity contribution in [1.29, 1.82) is 5.26 Å².